The van der Waals surface area contributed by atoms with Gasteiger partial charge in [-0.1, -0.05) is 31.2 Å². The summed E-state index contributed by atoms with van der Waals surface area (Å²) < 4.78 is 11.9. The minimum Gasteiger partial charge on any atom is -0.495 e. The van der Waals surface area contributed by atoms with Gasteiger partial charge in [0.1, 0.15) is 5.75 Å². The summed E-state index contributed by atoms with van der Waals surface area (Å²) in [7, 11) is 1.57. The largest absolute Gasteiger partial charge is 0.495 e. The van der Waals surface area contributed by atoms with Gasteiger partial charge in [0, 0.05) is 4.47 Å². The van der Waals surface area contributed by atoms with Crippen LogP contribution in [0.25, 0.3) is 11.5 Å². The van der Waals surface area contributed by atoms with Crippen LogP contribution in [-0.4, -0.2) is 41.2 Å². The van der Waals surface area contributed by atoms with Crippen molar-refractivity contribution in [3.63, 3.8) is 0 Å². The maximum Gasteiger partial charge on any atom is 0.248 e. The number of carbonyl (C=O) groups is 1. The molecule has 0 saturated carbocycles. The number of para-hydroxylation sites is 2. The summed E-state index contributed by atoms with van der Waals surface area (Å²) in [5.74, 6) is 1.38. The average Bonchev–Trinajstić information content (AvgIpc) is 3.16. The molecule has 0 aliphatic carbocycles. The summed E-state index contributed by atoms with van der Waals surface area (Å²) >= 11 is 3.48. The first-order valence-corrected chi connectivity index (χ1v) is 9.62. The Kier molecular flexibility index (Phi) is 6.78. The molecule has 0 spiro atoms. The summed E-state index contributed by atoms with van der Waals surface area (Å²) in [6.45, 7) is 3.21. The van der Waals surface area contributed by atoms with Crippen molar-refractivity contribution in [1.82, 2.24) is 15.1 Å². The molecule has 1 aromatic heterocycles. The first-order valence-electron chi connectivity index (χ1n) is 8.83. The lowest BCUT2D eigenvalue weighted by molar-refractivity contribution is -0.117. The van der Waals surface area contributed by atoms with E-state index in [1.807, 2.05) is 48.2 Å². The van der Waals surface area contributed by atoms with Gasteiger partial charge >= 0.3 is 0 Å². The topological polar surface area (TPSA) is 80.5 Å². The molecular weight excluding hydrogens is 424 g/mol. The van der Waals surface area contributed by atoms with E-state index < -0.39 is 0 Å². The number of amides is 1. The van der Waals surface area contributed by atoms with Crippen molar-refractivity contribution in [3.8, 4) is 17.2 Å². The molecule has 146 valence electrons. The summed E-state index contributed by atoms with van der Waals surface area (Å²) in [4.78, 5) is 14.3. The van der Waals surface area contributed by atoms with Crippen LogP contribution in [0.5, 0.6) is 5.75 Å². The van der Waals surface area contributed by atoms with Crippen LogP contribution in [-0.2, 0) is 11.3 Å². The third-order valence-corrected chi connectivity index (χ3v) is 4.82. The predicted molar refractivity (Wildman–Crippen MR) is 110 cm³/mol. The van der Waals surface area contributed by atoms with Gasteiger partial charge in [-0.05, 0) is 46.7 Å². The molecule has 0 unspecified atom stereocenters. The SMILES string of the molecule is CCN(CC(=O)Nc1ccccc1OC)Cc1nnc(-c2ccccc2Br)o1. The summed E-state index contributed by atoms with van der Waals surface area (Å²) in [5, 5.41) is 11.1. The molecule has 3 rings (SSSR count). The van der Waals surface area contributed by atoms with Crippen molar-refractivity contribution in [1.29, 1.82) is 0 Å². The van der Waals surface area contributed by atoms with Crippen LogP contribution >= 0.6 is 15.9 Å². The van der Waals surface area contributed by atoms with E-state index in [1.54, 1.807) is 19.2 Å². The molecule has 0 bridgehead atoms. The van der Waals surface area contributed by atoms with Gasteiger partial charge in [-0.2, -0.15) is 0 Å². The van der Waals surface area contributed by atoms with Gasteiger partial charge in [0.15, 0.2) is 0 Å². The van der Waals surface area contributed by atoms with E-state index in [0.29, 0.717) is 36.3 Å². The molecule has 3 aromatic rings. The molecule has 28 heavy (non-hydrogen) atoms. The van der Waals surface area contributed by atoms with Crippen LogP contribution in [0.4, 0.5) is 5.69 Å². The van der Waals surface area contributed by atoms with Crippen molar-refractivity contribution in [2.75, 3.05) is 25.5 Å². The van der Waals surface area contributed by atoms with Crippen LogP contribution in [0.2, 0.25) is 0 Å². The Morgan fingerprint density at radius 2 is 1.93 bits per heavy atom. The predicted octanol–water partition coefficient (Wildman–Crippen LogP) is 3.97. The van der Waals surface area contributed by atoms with Gasteiger partial charge in [0.2, 0.25) is 17.7 Å². The van der Waals surface area contributed by atoms with Gasteiger partial charge in [-0.25, -0.2) is 0 Å². The fourth-order valence-corrected chi connectivity index (χ4v) is 3.13. The van der Waals surface area contributed by atoms with Crippen molar-refractivity contribution >= 4 is 27.5 Å². The zero-order valence-corrected chi connectivity index (χ0v) is 17.3. The lowest BCUT2D eigenvalue weighted by atomic mass is 10.2. The van der Waals surface area contributed by atoms with Crippen molar-refractivity contribution in [2.45, 2.75) is 13.5 Å². The number of likely N-dealkylation sites (N-methyl/N-ethyl adjacent to an activating group) is 1. The number of halogens is 1. The van der Waals surface area contributed by atoms with Crippen molar-refractivity contribution in [2.24, 2.45) is 0 Å². The monoisotopic (exact) mass is 444 g/mol. The number of methoxy groups -OCH3 is 1. The Balaban J connectivity index is 1.63. The molecule has 1 heterocycles. The van der Waals surface area contributed by atoms with E-state index >= 15 is 0 Å². The van der Waals surface area contributed by atoms with Crippen LogP contribution < -0.4 is 10.1 Å². The number of carbonyl (C=O) groups excluding carboxylic acids is 1. The molecule has 0 atom stereocenters. The Morgan fingerprint density at radius 3 is 2.68 bits per heavy atom. The number of nitrogens with zero attached hydrogens (tertiary/aromatic N) is 3. The molecule has 8 heteroatoms. The molecule has 1 N–H and O–H groups in total. The van der Waals surface area contributed by atoms with E-state index in [9.17, 15) is 4.79 Å². The summed E-state index contributed by atoms with van der Waals surface area (Å²) in [6, 6.07) is 14.9. The third-order valence-electron chi connectivity index (χ3n) is 4.13. The van der Waals surface area contributed by atoms with E-state index in [2.05, 4.69) is 31.4 Å². The fourth-order valence-electron chi connectivity index (χ4n) is 2.67. The Hall–Kier alpha value is -2.71. The molecule has 0 radical (unpaired) electrons. The maximum atomic E-state index is 12.4. The zero-order chi connectivity index (χ0) is 19.9. The van der Waals surface area contributed by atoms with Gasteiger partial charge in [-0.3, -0.25) is 9.69 Å². The Labute approximate surface area is 171 Å². The third kappa shape index (κ3) is 4.96. The van der Waals surface area contributed by atoms with Crippen molar-refractivity contribution < 1.29 is 13.9 Å². The van der Waals surface area contributed by atoms with E-state index in [1.165, 1.54) is 0 Å². The number of aromatic nitrogens is 2. The molecule has 7 nitrogen and oxygen atoms in total. The molecule has 0 fully saturated rings. The molecular formula is C20H21BrN4O3. The first kappa shape index (κ1) is 20.0. The number of nitrogens with one attached hydrogen (secondary N) is 1. The highest BCUT2D eigenvalue weighted by molar-refractivity contribution is 9.10. The number of anilines is 1. The van der Waals surface area contributed by atoms with Gasteiger partial charge < -0.3 is 14.5 Å². The fraction of sp³-hybridized carbons (Fsp3) is 0.250. The summed E-state index contributed by atoms with van der Waals surface area (Å²) in [6.07, 6.45) is 0. The second kappa shape index (κ2) is 9.48. The highest BCUT2D eigenvalue weighted by Crippen LogP contribution is 2.27. The van der Waals surface area contributed by atoms with Crippen LogP contribution in [0.1, 0.15) is 12.8 Å². The van der Waals surface area contributed by atoms with E-state index in [-0.39, 0.29) is 12.5 Å². The number of rotatable bonds is 8. The van der Waals surface area contributed by atoms with Gasteiger partial charge in [0.05, 0.1) is 31.5 Å². The second-order valence-electron chi connectivity index (χ2n) is 6.03. The number of ether oxygens (including phenoxy) is 1. The van der Waals surface area contributed by atoms with Crippen molar-refractivity contribution in [3.05, 3.63) is 58.9 Å². The molecule has 0 aliphatic heterocycles. The molecule has 0 saturated heterocycles. The normalized spacial score (nSPS) is 10.9. The molecule has 2 aromatic carbocycles. The number of hydrogen-bond acceptors (Lipinski definition) is 6. The highest BCUT2D eigenvalue weighted by atomic mass is 79.9. The van der Waals surface area contributed by atoms with Gasteiger partial charge in [-0.15, -0.1) is 10.2 Å². The van der Waals surface area contributed by atoms with Crippen LogP contribution in [0.15, 0.2) is 57.4 Å². The quantitative estimate of drug-likeness (QED) is 0.565. The average molecular weight is 445 g/mol. The highest BCUT2D eigenvalue weighted by Gasteiger charge is 2.16. The van der Waals surface area contributed by atoms with Crippen LogP contribution in [0, 0.1) is 0 Å². The summed E-state index contributed by atoms with van der Waals surface area (Å²) in [5.41, 5.74) is 1.47. The van der Waals surface area contributed by atoms with E-state index in [4.69, 9.17) is 9.15 Å². The second-order valence-corrected chi connectivity index (χ2v) is 6.89. The first-order chi connectivity index (χ1) is 13.6. The standard InChI is InChI=1S/C20H21BrN4O3/c1-3-25(12-18(26)22-16-10-6-7-11-17(16)27-2)13-19-23-24-20(28-19)14-8-4-5-9-15(14)21/h4-11H,3,12-13H2,1-2H3,(H,22,26). The smallest absolute Gasteiger partial charge is 0.248 e. The Morgan fingerprint density at radius 1 is 1.18 bits per heavy atom. The molecule has 0 aliphatic rings. The lowest BCUT2D eigenvalue weighted by Gasteiger charge is -2.18. The maximum absolute atomic E-state index is 12.4. The number of hydrogen-bond donors (Lipinski definition) is 1. The zero-order valence-electron chi connectivity index (χ0n) is 15.7. The van der Waals surface area contributed by atoms with Gasteiger partial charge in [0.25, 0.3) is 0 Å². The molecule has 1 amide bonds. The van der Waals surface area contributed by atoms with E-state index in [0.717, 1.165) is 10.0 Å². The minimum atomic E-state index is -0.142. The lowest BCUT2D eigenvalue weighted by Crippen LogP contribution is -2.33. The van der Waals surface area contributed by atoms with Crippen LogP contribution in [0.3, 0.4) is 0 Å². The Bertz CT molecular complexity index is 944. The minimum absolute atomic E-state index is 0.142. The number of benzene rings is 2.